The highest BCUT2D eigenvalue weighted by Crippen LogP contribution is 2.48. The van der Waals surface area contributed by atoms with Gasteiger partial charge in [-0.1, -0.05) is 41.9 Å². The summed E-state index contributed by atoms with van der Waals surface area (Å²) in [5.41, 5.74) is -1.96. The Labute approximate surface area is 190 Å². The predicted octanol–water partition coefficient (Wildman–Crippen LogP) is 5.23. The van der Waals surface area contributed by atoms with Gasteiger partial charge in [-0.15, -0.1) is 0 Å². The van der Waals surface area contributed by atoms with Gasteiger partial charge in [0.05, 0.1) is 23.8 Å². The van der Waals surface area contributed by atoms with Crippen molar-refractivity contribution in [3.05, 3.63) is 76.1 Å². The molecule has 3 aliphatic rings. The molecule has 1 aliphatic carbocycles. The minimum atomic E-state index is -4.88. The summed E-state index contributed by atoms with van der Waals surface area (Å²) in [6, 6.07) is 8.59. The normalized spacial score (nSPS) is 24.2. The maximum absolute atomic E-state index is 15.2. The van der Waals surface area contributed by atoms with Crippen LogP contribution in [0.3, 0.4) is 0 Å². The third-order valence-corrected chi connectivity index (χ3v) is 6.56. The molecule has 5 rings (SSSR count). The van der Waals surface area contributed by atoms with E-state index in [0.717, 1.165) is 37.1 Å². The van der Waals surface area contributed by atoms with Crippen LogP contribution in [0.5, 0.6) is 0 Å². The van der Waals surface area contributed by atoms with Crippen LogP contribution in [0.1, 0.15) is 29.5 Å². The predicted molar refractivity (Wildman–Crippen MR) is 110 cm³/mol. The lowest BCUT2D eigenvalue weighted by molar-refractivity contribution is -0.269. The van der Waals surface area contributed by atoms with E-state index < -0.39 is 33.8 Å². The van der Waals surface area contributed by atoms with Gasteiger partial charge < -0.3 is 4.90 Å². The maximum Gasteiger partial charge on any atom is 0.428 e. The minimum absolute atomic E-state index is 0.0159. The van der Waals surface area contributed by atoms with Crippen molar-refractivity contribution in [2.45, 2.75) is 30.3 Å². The molecule has 2 aromatic rings. The van der Waals surface area contributed by atoms with E-state index in [1.165, 1.54) is 29.2 Å². The van der Waals surface area contributed by atoms with Gasteiger partial charge in [0.2, 0.25) is 11.5 Å². The van der Waals surface area contributed by atoms with E-state index in [0.29, 0.717) is 11.1 Å². The second-order valence-corrected chi connectivity index (χ2v) is 9.04. The smallest absolute Gasteiger partial charge is 0.335 e. The van der Waals surface area contributed by atoms with Crippen LogP contribution in [-0.4, -0.2) is 30.1 Å². The topological polar surface area (TPSA) is 41.6 Å². The van der Waals surface area contributed by atoms with Gasteiger partial charge in [0.15, 0.2) is 5.67 Å². The van der Waals surface area contributed by atoms with Gasteiger partial charge in [0.1, 0.15) is 5.82 Å². The summed E-state index contributed by atoms with van der Waals surface area (Å²) in [6.45, 7) is -0.0670. The fraction of sp³-hybridized carbons (Fsp3) is 0.348. The van der Waals surface area contributed by atoms with Crippen LogP contribution < -0.4 is 5.48 Å². The number of benzene rings is 2. The number of hydrogen-bond donors (Lipinski definition) is 1. The zero-order valence-electron chi connectivity index (χ0n) is 17.1. The Bertz CT molecular complexity index is 1140. The first-order valence-corrected chi connectivity index (χ1v) is 10.7. The van der Waals surface area contributed by atoms with E-state index >= 15 is 4.39 Å². The van der Waals surface area contributed by atoms with Crippen LogP contribution in [0.15, 0.2) is 48.5 Å². The molecule has 1 amide bonds. The number of nitrogens with one attached hydrogen (secondary N) is 1. The summed E-state index contributed by atoms with van der Waals surface area (Å²) < 4.78 is 70.8. The highest BCUT2D eigenvalue weighted by atomic mass is 35.5. The number of rotatable bonds is 4. The molecule has 1 saturated carbocycles. The number of halogens is 6. The van der Waals surface area contributed by atoms with Crippen molar-refractivity contribution in [1.82, 2.24) is 10.4 Å². The van der Waals surface area contributed by atoms with Crippen LogP contribution in [-0.2, 0) is 20.9 Å². The summed E-state index contributed by atoms with van der Waals surface area (Å²) in [6.07, 6.45) is -2.35. The van der Waals surface area contributed by atoms with Gasteiger partial charge in [0, 0.05) is 11.5 Å². The lowest BCUT2D eigenvalue weighted by Gasteiger charge is -2.45. The van der Waals surface area contributed by atoms with Gasteiger partial charge in [-0.2, -0.15) is 13.2 Å². The maximum atomic E-state index is 15.2. The molecule has 1 saturated heterocycles. The molecule has 4 nitrogen and oxygen atoms in total. The lowest BCUT2D eigenvalue weighted by atomic mass is 9.86. The molecule has 10 heteroatoms. The fourth-order valence-electron chi connectivity index (χ4n) is 4.15. The van der Waals surface area contributed by atoms with E-state index in [-0.39, 0.29) is 30.6 Å². The Morgan fingerprint density at radius 3 is 2.30 bits per heavy atom. The number of alkyl halides is 4. The van der Waals surface area contributed by atoms with Gasteiger partial charge in [-0.3, -0.25) is 15.1 Å². The molecule has 0 aromatic heterocycles. The number of likely N-dealkylation sites (tertiary alicyclic amines) is 1. The van der Waals surface area contributed by atoms with Crippen LogP contribution >= 0.6 is 11.6 Å². The van der Waals surface area contributed by atoms with Crippen LogP contribution in [0.25, 0.3) is 5.70 Å². The summed E-state index contributed by atoms with van der Waals surface area (Å²) in [5, 5.41) is -0.464. The fourth-order valence-corrected chi connectivity index (χ4v) is 4.33. The molecule has 2 heterocycles. The monoisotopic (exact) mass is 484 g/mol. The van der Waals surface area contributed by atoms with E-state index in [9.17, 15) is 22.4 Å². The Kier molecular flexibility index (Phi) is 4.99. The molecular formula is C23H18ClF5N2O2. The lowest BCUT2D eigenvalue weighted by Crippen LogP contribution is -2.59. The zero-order valence-corrected chi connectivity index (χ0v) is 17.8. The average molecular weight is 485 g/mol. The quantitative estimate of drug-likeness (QED) is 0.604. The highest BCUT2D eigenvalue weighted by Gasteiger charge is 2.59. The van der Waals surface area contributed by atoms with E-state index in [4.69, 9.17) is 16.4 Å². The molecule has 0 radical (unpaired) electrons. The summed E-state index contributed by atoms with van der Waals surface area (Å²) >= 11 is 5.69. The van der Waals surface area contributed by atoms with Crippen molar-refractivity contribution in [1.29, 1.82) is 0 Å². The Balaban J connectivity index is 1.39. The molecule has 0 bridgehead atoms. The number of hydrogen-bond acceptors (Lipinski definition) is 3. The zero-order chi connectivity index (χ0) is 23.6. The molecule has 2 fully saturated rings. The molecule has 1 unspecified atom stereocenters. The number of hydroxylamine groups is 1. The van der Waals surface area contributed by atoms with Crippen LogP contribution in [0, 0.1) is 11.7 Å². The van der Waals surface area contributed by atoms with Crippen LogP contribution in [0.4, 0.5) is 22.0 Å². The molecule has 1 N–H and O–H groups in total. The first-order valence-electron chi connectivity index (χ1n) is 10.3. The summed E-state index contributed by atoms with van der Waals surface area (Å²) in [7, 11) is 0. The Morgan fingerprint density at radius 1 is 1.09 bits per heavy atom. The average Bonchev–Trinajstić information content (AvgIpc) is 3.50. The van der Waals surface area contributed by atoms with Crippen molar-refractivity contribution < 1.29 is 31.6 Å². The van der Waals surface area contributed by atoms with Gasteiger partial charge in [0.25, 0.3) is 0 Å². The van der Waals surface area contributed by atoms with Gasteiger partial charge >= 0.3 is 6.18 Å². The molecule has 0 spiro atoms. The Morgan fingerprint density at radius 2 is 1.73 bits per heavy atom. The molecular weight excluding hydrogens is 467 g/mol. The summed E-state index contributed by atoms with van der Waals surface area (Å²) in [4.78, 5) is 18.5. The summed E-state index contributed by atoms with van der Waals surface area (Å²) in [5.74, 6) is -0.860. The standard InChI is InChI=1S/C23H18ClF5N2O2/c24-17-9-16(7-8-18(17)25)22(23(27,28)29)10-19(30-33-22)13-3-5-15(6-4-13)21(26)11-31(12-21)20(32)14-1-2-14/h3-10,14,30H,1-2,11-12H2. The van der Waals surface area contributed by atoms with Crippen molar-refractivity contribution in [3.63, 3.8) is 0 Å². The largest absolute Gasteiger partial charge is 0.428 e. The Hall–Kier alpha value is -2.65. The number of carbonyl (C=O) groups is 1. The van der Waals surface area contributed by atoms with Crippen molar-refractivity contribution in [3.8, 4) is 0 Å². The molecule has 2 aliphatic heterocycles. The number of amides is 1. The third kappa shape index (κ3) is 3.67. The molecule has 174 valence electrons. The molecule has 2 aromatic carbocycles. The molecule has 33 heavy (non-hydrogen) atoms. The van der Waals surface area contributed by atoms with Gasteiger partial charge in [-0.05, 0) is 42.2 Å². The van der Waals surface area contributed by atoms with Crippen LogP contribution in [0.2, 0.25) is 5.02 Å². The number of nitrogens with zero attached hydrogens (tertiary/aromatic N) is 1. The van der Waals surface area contributed by atoms with E-state index in [1.807, 2.05) is 0 Å². The first-order chi connectivity index (χ1) is 15.5. The van der Waals surface area contributed by atoms with E-state index in [2.05, 4.69) is 5.48 Å². The van der Waals surface area contributed by atoms with Gasteiger partial charge in [-0.25, -0.2) is 8.78 Å². The number of carbonyl (C=O) groups excluding carboxylic acids is 1. The minimum Gasteiger partial charge on any atom is -0.335 e. The SMILES string of the molecule is O=C(C1CC1)N1CC(F)(c2ccc(C3=CC(c4ccc(F)c(Cl)c4)(C(F)(F)F)ON3)cc2)C1. The van der Waals surface area contributed by atoms with Crippen molar-refractivity contribution >= 4 is 23.2 Å². The highest BCUT2D eigenvalue weighted by molar-refractivity contribution is 6.30. The second-order valence-electron chi connectivity index (χ2n) is 8.64. The first kappa shape index (κ1) is 22.2. The molecule has 1 atom stereocenters. The van der Waals surface area contributed by atoms with E-state index in [1.54, 1.807) is 0 Å². The third-order valence-electron chi connectivity index (χ3n) is 6.27. The van der Waals surface area contributed by atoms with Crippen molar-refractivity contribution in [2.24, 2.45) is 5.92 Å². The van der Waals surface area contributed by atoms with Crippen molar-refractivity contribution in [2.75, 3.05) is 13.1 Å². The second kappa shape index (κ2) is 7.43.